The van der Waals surface area contributed by atoms with Crippen molar-refractivity contribution >= 4 is 131 Å². The first kappa shape index (κ1) is 67.5. The van der Waals surface area contributed by atoms with Crippen molar-refractivity contribution in [1.82, 2.24) is 13.7 Å². The second kappa shape index (κ2) is 28.3. The van der Waals surface area contributed by atoms with E-state index in [-0.39, 0.29) is 43.5 Å². The molecule has 2 aliphatic rings. The van der Waals surface area contributed by atoms with Crippen LogP contribution in [0.3, 0.4) is 0 Å². The second-order valence-electron chi connectivity index (χ2n) is 38.2. The van der Waals surface area contributed by atoms with E-state index >= 15 is 0 Å². The van der Waals surface area contributed by atoms with Crippen LogP contribution in [0.2, 0.25) is 0 Å². The number of fused-ring (bicyclic) bond motifs is 16. The third kappa shape index (κ3) is 12.1. The molecule has 0 saturated heterocycles. The Morgan fingerprint density at radius 3 is 1.28 bits per heavy atom. The van der Waals surface area contributed by atoms with Gasteiger partial charge in [-0.3, -0.25) is 0 Å². The fraction of sp³-hybridized carbons (Fsp3) is 0.143. The summed E-state index contributed by atoms with van der Waals surface area (Å²) in [6, 6.07) is 112. The summed E-state index contributed by atoms with van der Waals surface area (Å²) < 4.78 is 89.0. The number of nitrogens with zero attached hydrogens (tertiary/aromatic N) is 5. The summed E-state index contributed by atoms with van der Waals surface area (Å²) in [6.07, 6.45) is 0. The molecule has 4 aromatic heterocycles. The molecule has 0 amide bonds. The zero-order chi connectivity index (χ0) is 91.8. The van der Waals surface area contributed by atoms with Gasteiger partial charge in [-0.05, 0) is 198 Å². The third-order valence-corrected chi connectivity index (χ3v) is 27.5. The standard InChI is InChI=1S/C119H97N5S/c1-116(2,3)79-55-60-99-93(66-79)94-67-80(117(4,5)6)56-61-100(94)121(99)84-57-58-89-102(68-84)124(114-91(73-36-18-13-19-37-73)71-105-111(108(114)75-40-22-15-23-41-75)88-48-30-34-52-98(88)120(105)83-44-26-17-27-45-83)104-70-85(122-96-50-32-28-46-86(96)87-47-29-33-51-97(87)122)69-103-113(104)110(89)95-64-77(78-62-81(118(7,8)9)65-82(63-78)119(10,11)12)54-59-101(95)123(103)115-92(74-38-20-14-21-39-74)72-107-112(90-49-31-35-53-106(90)125-107)109(115)76-42-24-16-25-43-76/h13-72,110H,1-12H3/i28D,29D,32D,33D,46D,47D,50D,51D. The van der Waals surface area contributed by atoms with Gasteiger partial charge in [-0.2, -0.15) is 0 Å². The van der Waals surface area contributed by atoms with Crippen molar-refractivity contribution in [2.24, 2.45) is 0 Å². The maximum atomic E-state index is 10.5. The lowest BCUT2D eigenvalue weighted by molar-refractivity contribution is 0.569. The first-order chi connectivity index (χ1) is 63.9. The molecule has 0 bridgehead atoms. The smallest absolute Gasteiger partial charge is 0.0645 e. The second-order valence-corrected chi connectivity index (χ2v) is 39.3. The van der Waals surface area contributed by atoms with Crippen molar-refractivity contribution in [3.8, 4) is 72.7 Å². The van der Waals surface area contributed by atoms with Crippen LogP contribution in [-0.2, 0) is 21.7 Å². The van der Waals surface area contributed by atoms with Gasteiger partial charge in [0.05, 0.1) is 83.9 Å². The fourth-order valence-electron chi connectivity index (χ4n) is 20.2. The molecular weight excluding hydrogens is 1530 g/mol. The van der Waals surface area contributed by atoms with Crippen molar-refractivity contribution in [3.63, 3.8) is 0 Å². The minimum absolute atomic E-state index is 0.00284. The van der Waals surface area contributed by atoms with E-state index in [9.17, 15) is 11.0 Å². The van der Waals surface area contributed by atoms with Gasteiger partial charge < -0.3 is 23.5 Å². The number of para-hydroxylation sites is 4. The van der Waals surface area contributed by atoms with Crippen LogP contribution in [0.15, 0.2) is 364 Å². The summed E-state index contributed by atoms with van der Waals surface area (Å²) in [5, 5.41) is 6.44. The highest BCUT2D eigenvalue weighted by molar-refractivity contribution is 7.26. The molecule has 0 radical (unpaired) electrons. The van der Waals surface area contributed by atoms with Crippen molar-refractivity contribution < 1.29 is 11.0 Å². The number of rotatable bonds is 10. The highest BCUT2D eigenvalue weighted by Crippen LogP contribution is 2.67. The number of hydrogen-bond acceptors (Lipinski definition) is 3. The van der Waals surface area contributed by atoms with E-state index in [1.807, 2.05) is 0 Å². The lowest BCUT2D eigenvalue weighted by Gasteiger charge is -2.47. The molecule has 17 aromatic carbocycles. The monoisotopic (exact) mass is 1640 g/mol. The molecule has 604 valence electrons. The fourth-order valence-corrected chi connectivity index (χ4v) is 21.4. The van der Waals surface area contributed by atoms with Gasteiger partial charge in [0.15, 0.2) is 0 Å². The Balaban J connectivity index is 0.985. The predicted octanol–water partition coefficient (Wildman–Crippen LogP) is 33.6. The zero-order valence-corrected chi connectivity index (χ0v) is 73.1. The van der Waals surface area contributed by atoms with Crippen molar-refractivity contribution in [1.29, 1.82) is 0 Å². The molecule has 0 N–H and O–H groups in total. The Bertz CT molecular complexity index is 8330. The molecule has 1 unspecified atom stereocenters. The van der Waals surface area contributed by atoms with Gasteiger partial charge in [0.25, 0.3) is 0 Å². The summed E-state index contributed by atoms with van der Waals surface area (Å²) in [5.41, 5.74) is 28.0. The minimum Gasteiger partial charge on any atom is -0.309 e. The number of thiophene rings is 1. The highest BCUT2D eigenvalue weighted by atomic mass is 32.1. The Labute approximate surface area is 746 Å². The van der Waals surface area contributed by atoms with Crippen LogP contribution < -0.4 is 9.80 Å². The Kier molecular flexibility index (Phi) is 15.3. The van der Waals surface area contributed by atoms with Crippen LogP contribution >= 0.6 is 11.3 Å². The van der Waals surface area contributed by atoms with Gasteiger partial charge in [0.2, 0.25) is 0 Å². The van der Waals surface area contributed by atoms with Crippen molar-refractivity contribution in [2.75, 3.05) is 9.80 Å². The van der Waals surface area contributed by atoms with Gasteiger partial charge in [-0.1, -0.05) is 338 Å². The first-order valence-electron chi connectivity index (χ1n) is 47.6. The summed E-state index contributed by atoms with van der Waals surface area (Å²) in [5.74, 6) is -0.636. The molecule has 0 spiro atoms. The summed E-state index contributed by atoms with van der Waals surface area (Å²) in [7, 11) is 0. The maximum Gasteiger partial charge on any atom is 0.0645 e. The van der Waals surface area contributed by atoms with Gasteiger partial charge in [-0.25, -0.2) is 0 Å². The summed E-state index contributed by atoms with van der Waals surface area (Å²) in [4.78, 5) is 5.05. The molecule has 0 saturated carbocycles. The van der Waals surface area contributed by atoms with Crippen molar-refractivity contribution in [3.05, 3.63) is 403 Å². The largest absolute Gasteiger partial charge is 0.309 e. The number of hydrogen-bond donors (Lipinski definition) is 0. The molecule has 2 aliphatic heterocycles. The number of aromatic nitrogens is 3. The predicted molar refractivity (Wildman–Crippen MR) is 535 cm³/mol. The molecule has 6 heteroatoms. The molecule has 21 aromatic rings. The molecule has 1 atom stereocenters. The topological polar surface area (TPSA) is 21.3 Å². The van der Waals surface area contributed by atoms with Gasteiger partial charge in [-0.15, -0.1) is 11.3 Å². The Morgan fingerprint density at radius 2 is 0.720 bits per heavy atom. The van der Waals surface area contributed by atoms with Crippen LogP contribution in [0.25, 0.3) is 158 Å². The van der Waals surface area contributed by atoms with Crippen LogP contribution in [0.4, 0.5) is 34.1 Å². The minimum atomic E-state index is -0.636. The first-order valence-corrected chi connectivity index (χ1v) is 44.4. The normalized spacial score (nSPS) is 14.5. The van der Waals surface area contributed by atoms with E-state index < -0.39 is 54.3 Å². The average Bonchev–Trinajstić information content (AvgIpc) is 1.56. The van der Waals surface area contributed by atoms with Crippen molar-refractivity contribution in [2.45, 2.75) is 111 Å². The summed E-state index contributed by atoms with van der Waals surface area (Å²) in [6.45, 7) is 27.5. The quantitative estimate of drug-likeness (QED) is 0.136. The van der Waals surface area contributed by atoms with E-state index in [1.165, 1.54) is 22.3 Å². The number of benzene rings is 17. The Hall–Kier alpha value is -14.0. The molecular formula is C119H97N5S. The van der Waals surface area contributed by atoms with Crippen LogP contribution in [-0.4, -0.2) is 13.7 Å². The van der Waals surface area contributed by atoms with Gasteiger partial charge >= 0.3 is 0 Å². The van der Waals surface area contributed by atoms with Crippen LogP contribution in [0.1, 0.15) is 139 Å². The third-order valence-electron chi connectivity index (χ3n) is 26.4. The van der Waals surface area contributed by atoms with E-state index in [0.29, 0.717) is 11.4 Å². The molecule has 5 nitrogen and oxygen atoms in total. The maximum absolute atomic E-state index is 10.5. The lowest BCUT2D eigenvalue weighted by atomic mass is 9.73. The van der Waals surface area contributed by atoms with Crippen LogP contribution in [0.5, 0.6) is 0 Å². The SMILES string of the molecule is [2H]c1c([2H])c([2H])c2c(c1[2H])c1c([2H])c([2H])c([2H])c([2H])c1n2-c1cc2c3c(c1)N(c1c(-c4ccccc4)cc4c(c1-c1ccccc1)c1ccccc1n4-c1ccccc1)c1cc(-n4c5ccc(C(C)(C)C)cc5c5cc(C(C)(C)C)ccc54)ccc1C3c1cc(-c3cc(C(C)(C)C)cc(C(C)(C)C)c3)ccc1N2c1c(-c2ccccc2)cc2sc3ccccc3c2c1-c1ccccc1. The van der Waals surface area contributed by atoms with E-state index in [4.69, 9.17) is 0 Å². The molecule has 0 fully saturated rings. The Morgan fingerprint density at radius 1 is 0.264 bits per heavy atom. The van der Waals surface area contributed by atoms with Crippen LogP contribution in [0, 0.1) is 0 Å². The van der Waals surface area contributed by atoms with E-state index in [2.05, 4.69) is 417 Å². The summed E-state index contributed by atoms with van der Waals surface area (Å²) >= 11 is 1.78. The zero-order valence-electron chi connectivity index (χ0n) is 80.2. The molecule has 0 aliphatic carbocycles. The average molecular weight is 1640 g/mol. The van der Waals surface area contributed by atoms with Gasteiger partial charge in [0.1, 0.15) is 0 Å². The van der Waals surface area contributed by atoms with Gasteiger partial charge in [0, 0.05) is 97.6 Å². The van der Waals surface area contributed by atoms with E-state index in [1.54, 1.807) is 15.9 Å². The molecule has 23 rings (SSSR count). The highest BCUT2D eigenvalue weighted by Gasteiger charge is 2.46. The molecule has 6 heterocycles. The number of anilines is 6. The molecule has 125 heavy (non-hydrogen) atoms. The lowest BCUT2D eigenvalue weighted by Crippen LogP contribution is -2.30. The van der Waals surface area contributed by atoms with E-state index in [0.717, 1.165) is 176 Å².